The maximum Gasteiger partial charge on any atom is 0.262 e. The zero-order valence-electron chi connectivity index (χ0n) is 15.8. The summed E-state index contributed by atoms with van der Waals surface area (Å²) in [6, 6.07) is 11.1. The smallest absolute Gasteiger partial charge is 0.262 e. The van der Waals surface area contributed by atoms with Crippen LogP contribution in [0, 0.1) is 0 Å². The Hall–Kier alpha value is -2.39. The first-order chi connectivity index (χ1) is 14.0. The van der Waals surface area contributed by atoms with Crippen LogP contribution in [0.5, 0.6) is 11.5 Å². The Balaban J connectivity index is 1.48. The molecule has 2 heterocycles. The Morgan fingerprint density at radius 2 is 1.66 bits per heavy atom. The van der Waals surface area contributed by atoms with Gasteiger partial charge in [-0.3, -0.25) is 9.52 Å². The fraction of sp³-hybridized carbons (Fsp3) is 0.350. The Kier molecular flexibility index (Phi) is 5.86. The molecule has 9 heteroatoms. The number of carbonyl (C=O) groups is 1. The molecule has 0 spiro atoms. The van der Waals surface area contributed by atoms with Crippen molar-refractivity contribution in [3.05, 3.63) is 48.0 Å². The third-order valence-electron chi connectivity index (χ3n) is 4.71. The summed E-state index contributed by atoms with van der Waals surface area (Å²) in [4.78, 5) is 14.5. The number of nitrogens with zero attached hydrogens (tertiary/aromatic N) is 1. The van der Waals surface area contributed by atoms with Gasteiger partial charge in [0.15, 0.2) is 11.5 Å². The summed E-state index contributed by atoms with van der Waals surface area (Å²) >= 11 is 1.84. The highest BCUT2D eigenvalue weighted by molar-refractivity contribution is 7.99. The molecule has 29 heavy (non-hydrogen) atoms. The minimum absolute atomic E-state index is 0.0254. The zero-order chi connectivity index (χ0) is 20.3. The third-order valence-corrected chi connectivity index (χ3v) is 7.03. The molecule has 2 aliphatic heterocycles. The van der Waals surface area contributed by atoms with Crippen LogP contribution in [0.1, 0.15) is 16.8 Å². The minimum Gasteiger partial charge on any atom is -0.490 e. The van der Waals surface area contributed by atoms with Gasteiger partial charge in [0, 0.05) is 48.3 Å². The van der Waals surface area contributed by atoms with Crippen molar-refractivity contribution in [2.24, 2.45) is 0 Å². The summed E-state index contributed by atoms with van der Waals surface area (Å²) in [7, 11) is -3.80. The van der Waals surface area contributed by atoms with Crippen molar-refractivity contribution < 1.29 is 22.7 Å². The lowest BCUT2D eigenvalue weighted by atomic mass is 10.2. The molecule has 4 rings (SSSR count). The van der Waals surface area contributed by atoms with E-state index < -0.39 is 10.0 Å². The number of ether oxygens (including phenoxy) is 2. The molecule has 0 saturated carbocycles. The summed E-state index contributed by atoms with van der Waals surface area (Å²) in [5, 5.41) is 0. The van der Waals surface area contributed by atoms with Gasteiger partial charge in [0.25, 0.3) is 15.9 Å². The average Bonchev–Trinajstić information content (AvgIpc) is 2.99. The molecule has 0 atom stereocenters. The second-order valence-electron chi connectivity index (χ2n) is 6.75. The molecule has 1 amide bonds. The van der Waals surface area contributed by atoms with E-state index >= 15 is 0 Å². The van der Waals surface area contributed by atoms with Crippen molar-refractivity contribution in [2.75, 3.05) is 42.5 Å². The first-order valence-corrected chi connectivity index (χ1v) is 12.1. The Morgan fingerprint density at radius 3 is 2.38 bits per heavy atom. The fourth-order valence-electron chi connectivity index (χ4n) is 3.15. The van der Waals surface area contributed by atoms with E-state index in [0.717, 1.165) is 31.0 Å². The zero-order valence-corrected chi connectivity index (χ0v) is 17.4. The molecular formula is C20H22N2O5S2. The van der Waals surface area contributed by atoms with Gasteiger partial charge in [-0.25, -0.2) is 8.42 Å². The third kappa shape index (κ3) is 4.62. The van der Waals surface area contributed by atoms with E-state index in [1.807, 2.05) is 16.7 Å². The summed E-state index contributed by atoms with van der Waals surface area (Å²) in [6.07, 6.45) is 0.746. The van der Waals surface area contributed by atoms with Gasteiger partial charge in [-0.1, -0.05) is 0 Å². The summed E-state index contributed by atoms with van der Waals surface area (Å²) in [5.41, 5.74) is 0.943. The lowest BCUT2D eigenvalue weighted by molar-refractivity contribution is 0.0772. The van der Waals surface area contributed by atoms with Crippen LogP contribution < -0.4 is 14.2 Å². The average molecular weight is 435 g/mol. The molecule has 7 nitrogen and oxygen atoms in total. The van der Waals surface area contributed by atoms with Crippen LogP contribution in [0.3, 0.4) is 0 Å². The fourth-order valence-corrected chi connectivity index (χ4v) is 5.13. The van der Waals surface area contributed by atoms with Crippen LogP contribution in [-0.2, 0) is 10.0 Å². The minimum atomic E-state index is -3.80. The molecule has 1 fully saturated rings. The van der Waals surface area contributed by atoms with Crippen molar-refractivity contribution in [3.8, 4) is 11.5 Å². The maximum absolute atomic E-state index is 12.8. The van der Waals surface area contributed by atoms with Crippen LogP contribution >= 0.6 is 11.8 Å². The summed E-state index contributed by atoms with van der Waals surface area (Å²) in [6.45, 7) is 2.50. The number of amides is 1. The first-order valence-electron chi connectivity index (χ1n) is 9.42. The molecule has 2 aliphatic rings. The predicted molar refractivity (Wildman–Crippen MR) is 113 cm³/mol. The number of fused-ring (bicyclic) bond motifs is 1. The molecule has 1 N–H and O–H groups in total. The van der Waals surface area contributed by atoms with Crippen LogP contribution in [-0.4, -0.2) is 57.0 Å². The lowest BCUT2D eigenvalue weighted by Gasteiger charge is -2.26. The number of benzene rings is 2. The standard InChI is InChI=1S/C20H22N2O5S2/c23-20(22-8-12-28-13-9-22)15-2-4-16(5-3-15)21-29(24,25)17-6-7-18-19(14-17)27-11-1-10-26-18/h2-7,14,21H,1,8-13H2. The number of hydrogen-bond donors (Lipinski definition) is 1. The Morgan fingerprint density at radius 1 is 0.966 bits per heavy atom. The molecule has 0 bridgehead atoms. The molecule has 0 aromatic heterocycles. The van der Waals surface area contributed by atoms with Crippen molar-refractivity contribution >= 4 is 33.4 Å². The molecule has 0 aliphatic carbocycles. The number of nitrogens with one attached hydrogen (secondary N) is 1. The molecule has 2 aromatic rings. The van der Waals surface area contributed by atoms with E-state index in [1.165, 1.54) is 12.1 Å². The van der Waals surface area contributed by atoms with Gasteiger partial charge in [0.05, 0.1) is 18.1 Å². The van der Waals surface area contributed by atoms with Crippen LogP contribution in [0.2, 0.25) is 0 Å². The highest BCUT2D eigenvalue weighted by Gasteiger charge is 2.21. The van der Waals surface area contributed by atoms with Gasteiger partial charge >= 0.3 is 0 Å². The van der Waals surface area contributed by atoms with Crippen LogP contribution in [0.4, 0.5) is 5.69 Å². The van der Waals surface area contributed by atoms with E-state index in [1.54, 1.807) is 30.3 Å². The van der Waals surface area contributed by atoms with Crippen LogP contribution in [0.25, 0.3) is 0 Å². The van der Waals surface area contributed by atoms with Gasteiger partial charge in [-0.15, -0.1) is 0 Å². The van der Waals surface area contributed by atoms with Crippen molar-refractivity contribution in [3.63, 3.8) is 0 Å². The normalized spacial score (nSPS) is 16.8. The quantitative estimate of drug-likeness (QED) is 0.797. The lowest BCUT2D eigenvalue weighted by Crippen LogP contribution is -2.37. The van der Waals surface area contributed by atoms with E-state index in [2.05, 4.69) is 4.72 Å². The Labute approximate surface area is 174 Å². The summed E-state index contributed by atoms with van der Waals surface area (Å²) in [5.74, 6) is 2.83. The molecule has 0 radical (unpaired) electrons. The molecule has 154 valence electrons. The van der Waals surface area contributed by atoms with Crippen LogP contribution in [0.15, 0.2) is 47.4 Å². The molecule has 1 saturated heterocycles. The number of carbonyl (C=O) groups excluding carboxylic acids is 1. The second-order valence-corrected chi connectivity index (χ2v) is 9.65. The summed E-state index contributed by atoms with van der Waals surface area (Å²) < 4.78 is 39.2. The maximum atomic E-state index is 12.8. The van der Waals surface area contributed by atoms with Gasteiger partial charge in [-0.05, 0) is 36.4 Å². The van der Waals surface area contributed by atoms with Gasteiger partial charge in [0.2, 0.25) is 0 Å². The van der Waals surface area contributed by atoms with Gasteiger partial charge < -0.3 is 14.4 Å². The Bertz CT molecular complexity index is 986. The van der Waals surface area contributed by atoms with E-state index in [0.29, 0.717) is 36.0 Å². The first kappa shape index (κ1) is 19.9. The van der Waals surface area contributed by atoms with Gasteiger partial charge in [0.1, 0.15) is 0 Å². The number of thioether (sulfide) groups is 1. The molecule has 2 aromatic carbocycles. The topological polar surface area (TPSA) is 84.9 Å². The van der Waals surface area contributed by atoms with Crippen molar-refractivity contribution in [1.29, 1.82) is 0 Å². The number of hydrogen-bond acceptors (Lipinski definition) is 6. The van der Waals surface area contributed by atoms with Gasteiger partial charge in [-0.2, -0.15) is 11.8 Å². The van der Waals surface area contributed by atoms with Crippen molar-refractivity contribution in [1.82, 2.24) is 4.90 Å². The van der Waals surface area contributed by atoms with E-state index in [9.17, 15) is 13.2 Å². The second kappa shape index (κ2) is 8.54. The van der Waals surface area contributed by atoms with Crippen molar-refractivity contribution in [2.45, 2.75) is 11.3 Å². The van der Waals surface area contributed by atoms with E-state index in [-0.39, 0.29) is 10.8 Å². The monoisotopic (exact) mass is 434 g/mol. The SMILES string of the molecule is O=C(c1ccc(NS(=O)(=O)c2ccc3c(c2)OCCCO3)cc1)N1CCSCC1. The largest absolute Gasteiger partial charge is 0.490 e. The molecule has 0 unspecified atom stereocenters. The highest BCUT2D eigenvalue weighted by Crippen LogP contribution is 2.32. The number of anilines is 1. The number of rotatable bonds is 4. The predicted octanol–water partition coefficient (Wildman–Crippen LogP) is 2.84. The number of sulfonamides is 1. The highest BCUT2D eigenvalue weighted by atomic mass is 32.2. The molecular weight excluding hydrogens is 412 g/mol. The van der Waals surface area contributed by atoms with E-state index in [4.69, 9.17) is 9.47 Å².